The summed E-state index contributed by atoms with van der Waals surface area (Å²) in [5.41, 5.74) is 0.817. The van der Waals surface area contributed by atoms with Crippen LogP contribution in [0.1, 0.15) is 12.0 Å². The van der Waals surface area contributed by atoms with E-state index in [4.69, 9.17) is 21.4 Å². The molecular formula is C11H10ClNO3. The molecule has 1 N–H and O–H groups in total. The van der Waals surface area contributed by atoms with Crippen LogP contribution in [0, 0.1) is 0 Å². The Morgan fingerprint density at radius 3 is 2.81 bits per heavy atom. The smallest absolute Gasteiger partial charge is 0.307 e. The fourth-order valence-electron chi connectivity index (χ4n) is 1.47. The van der Waals surface area contributed by atoms with Gasteiger partial charge in [-0.25, -0.2) is 4.99 Å². The minimum Gasteiger partial charge on any atom is -0.481 e. The van der Waals surface area contributed by atoms with Crippen molar-refractivity contribution in [2.75, 3.05) is 6.54 Å². The Morgan fingerprint density at radius 2 is 2.19 bits per heavy atom. The van der Waals surface area contributed by atoms with Gasteiger partial charge in [-0.2, -0.15) is 0 Å². The number of aliphatic carboxylic acids is 1. The van der Waals surface area contributed by atoms with Crippen LogP contribution in [0.5, 0.6) is 0 Å². The van der Waals surface area contributed by atoms with Crippen molar-refractivity contribution in [3.8, 4) is 0 Å². The lowest BCUT2D eigenvalue weighted by Gasteiger charge is -2.08. The van der Waals surface area contributed by atoms with E-state index in [2.05, 4.69) is 4.99 Å². The molecule has 0 saturated carbocycles. The van der Waals surface area contributed by atoms with Crippen LogP contribution in [-0.4, -0.2) is 29.6 Å². The van der Waals surface area contributed by atoms with Crippen LogP contribution in [0.3, 0.4) is 0 Å². The lowest BCUT2D eigenvalue weighted by atomic mass is 10.2. The third kappa shape index (κ3) is 2.52. The van der Waals surface area contributed by atoms with Crippen LogP contribution >= 0.6 is 11.6 Å². The van der Waals surface area contributed by atoms with Gasteiger partial charge in [0.15, 0.2) is 0 Å². The number of aliphatic imine (C=N–C) groups is 1. The van der Waals surface area contributed by atoms with Crippen LogP contribution in [0.15, 0.2) is 29.3 Å². The normalized spacial score (nSPS) is 19.1. The number of rotatable bonds is 3. The third-order valence-electron chi connectivity index (χ3n) is 2.21. The number of ether oxygens (including phenoxy) is 1. The molecule has 0 radical (unpaired) electrons. The van der Waals surface area contributed by atoms with Crippen LogP contribution in [-0.2, 0) is 9.53 Å². The zero-order valence-corrected chi connectivity index (χ0v) is 9.15. The summed E-state index contributed by atoms with van der Waals surface area (Å²) in [6.07, 6.45) is -0.385. The maximum Gasteiger partial charge on any atom is 0.307 e. The molecule has 0 fully saturated rings. The number of hydrogen-bond acceptors (Lipinski definition) is 3. The largest absolute Gasteiger partial charge is 0.481 e. The molecule has 4 nitrogen and oxygen atoms in total. The van der Waals surface area contributed by atoms with Crippen LogP contribution in [0.25, 0.3) is 0 Å². The monoisotopic (exact) mass is 239 g/mol. The Balaban J connectivity index is 2.03. The van der Waals surface area contributed by atoms with Gasteiger partial charge in [-0.3, -0.25) is 4.79 Å². The molecule has 0 spiro atoms. The first-order chi connectivity index (χ1) is 7.65. The Labute approximate surface area is 97.5 Å². The molecule has 0 aliphatic carbocycles. The first-order valence-corrected chi connectivity index (χ1v) is 5.22. The van der Waals surface area contributed by atoms with E-state index in [-0.39, 0.29) is 12.5 Å². The predicted molar refractivity (Wildman–Crippen MR) is 60.0 cm³/mol. The highest BCUT2D eigenvalue weighted by Gasteiger charge is 2.23. The van der Waals surface area contributed by atoms with Crippen molar-refractivity contribution in [1.82, 2.24) is 0 Å². The van der Waals surface area contributed by atoms with Crippen LogP contribution < -0.4 is 0 Å². The standard InChI is InChI=1S/C11H10ClNO3/c12-8-3-1-7(2-4-8)11-13-6-9(16-11)5-10(14)15/h1-4,9H,5-6H2,(H,14,15). The molecule has 0 aromatic heterocycles. The minimum absolute atomic E-state index is 0.0272. The number of benzene rings is 1. The Morgan fingerprint density at radius 1 is 1.50 bits per heavy atom. The van der Waals surface area contributed by atoms with Gasteiger partial charge in [-0.1, -0.05) is 11.6 Å². The fourth-order valence-corrected chi connectivity index (χ4v) is 1.60. The fraction of sp³-hybridized carbons (Fsp3) is 0.273. The molecule has 1 aromatic carbocycles. The maximum absolute atomic E-state index is 10.5. The summed E-state index contributed by atoms with van der Waals surface area (Å²) in [4.78, 5) is 14.7. The van der Waals surface area contributed by atoms with Crippen LogP contribution in [0.2, 0.25) is 5.02 Å². The lowest BCUT2D eigenvalue weighted by molar-refractivity contribution is -0.138. The summed E-state index contributed by atoms with van der Waals surface area (Å²) >= 11 is 5.76. The van der Waals surface area contributed by atoms with Gasteiger partial charge in [0.2, 0.25) is 5.90 Å². The van der Waals surface area contributed by atoms with Gasteiger partial charge in [-0.05, 0) is 24.3 Å². The van der Waals surface area contributed by atoms with Crippen LogP contribution in [0.4, 0.5) is 0 Å². The number of halogens is 1. The average molecular weight is 240 g/mol. The van der Waals surface area contributed by atoms with E-state index in [1.807, 2.05) is 0 Å². The topological polar surface area (TPSA) is 58.9 Å². The SMILES string of the molecule is O=C(O)CC1CN=C(c2ccc(Cl)cc2)O1. The van der Waals surface area contributed by atoms with E-state index >= 15 is 0 Å². The summed E-state index contributed by atoms with van der Waals surface area (Å²) in [7, 11) is 0. The van der Waals surface area contributed by atoms with Crippen molar-refractivity contribution in [3.63, 3.8) is 0 Å². The molecule has 5 heteroatoms. The van der Waals surface area contributed by atoms with Crippen molar-refractivity contribution in [2.45, 2.75) is 12.5 Å². The number of carboxylic acids is 1. The highest BCUT2D eigenvalue weighted by atomic mass is 35.5. The molecule has 1 unspecified atom stereocenters. The van der Waals surface area contributed by atoms with E-state index in [9.17, 15) is 4.79 Å². The second-order valence-electron chi connectivity index (χ2n) is 3.49. The van der Waals surface area contributed by atoms with Crippen molar-refractivity contribution in [3.05, 3.63) is 34.9 Å². The number of hydrogen-bond donors (Lipinski definition) is 1. The predicted octanol–water partition coefficient (Wildman–Crippen LogP) is 1.96. The molecule has 2 rings (SSSR count). The Hall–Kier alpha value is -1.55. The maximum atomic E-state index is 10.5. The highest BCUT2D eigenvalue weighted by molar-refractivity contribution is 6.30. The average Bonchev–Trinajstić information content (AvgIpc) is 2.66. The van der Waals surface area contributed by atoms with Crippen molar-refractivity contribution in [1.29, 1.82) is 0 Å². The van der Waals surface area contributed by atoms with E-state index < -0.39 is 5.97 Å². The summed E-state index contributed by atoms with van der Waals surface area (Å²) in [5, 5.41) is 9.26. The van der Waals surface area contributed by atoms with Crippen molar-refractivity contribution in [2.24, 2.45) is 4.99 Å². The number of nitrogens with zero attached hydrogens (tertiary/aromatic N) is 1. The van der Waals surface area contributed by atoms with Crippen molar-refractivity contribution >= 4 is 23.5 Å². The molecule has 1 aromatic rings. The summed E-state index contributed by atoms with van der Waals surface area (Å²) in [5.74, 6) is -0.388. The number of carboxylic acid groups (broad SMARTS) is 1. The first kappa shape index (κ1) is 11.0. The summed E-state index contributed by atoms with van der Waals surface area (Å²) in [6.45, 7) is 0.393. The van der Waals surface area contributed by atoms with Gasteiger partial charge < -0.3 is 9.84 Å². The Bertz CT molecular complexity index is 427. The quantitative estimate of drug-likeness (QED) is 0.877. The molecule has 0 amide bonds. The summed E-state index contributed by atoms with van der Waals surface area (Å²) < 4.78 is 5.42. The van der Waals surface area contributed by atoms with Gasteiger partial charge in [0.1, 0.15) is 6.10 Å². The van der Waals surface area contributed by atoms with Gasteiger partial charge in [0.25, 0.3) is 0 Å². The molecule has 0 bridgehead atoms. The molecule has 0 saturated heterocycles. The molecule has 1 heterocycles. The molecular weight excluding hydrogens is 230 g/mol. The molecule has 16 heavy (non-hydrogen) atoms. The second-order valence-corrected chi connectivity index (χ2v) is 3.93. The van der Waals surface area contributed by atoms with E-state index in [0.29, 0.717) is 17.5 Å². The highest BCUT2D eigenvalue weighted by Crippen LogP contribution is 2.16. The van der Waals surface area contributed by atoms with Gasteiger partial charge in [0.05, 0.1) is 13.0 Å². The third-order valence-corrected chi connectivity index (χ3v) is 2.46. The zero-order valence-electron chi connectivity index (χ0n) is 8.39. The van der Waals surface area contributed by atoms with Crippen molar-refractivity contribution < 1.29 is 14.6 Å². The molecule has 1 atom stereocenters. The number of carbonyl (C=O) groups is 1. The van der Waals surface area contributed by atoms with E-state index in [1.54, 1.807) is 24.3 Å². The molecule has 84 valence electrons. The lowest BCUT2D eigenvalue weighted by Crippen LogP contribution is -2.17. The van der Waals surface area contributed by atoms with Gasteiger partial charge >= 0.3 is 5.97 Å². The zero-order chi connectivity index (χ0) is 11.5. The minimum atomic E-state index is -0.877. The van der Waals surface area contributed by atoms with E-state index in [1.165, 1.54) is 0 Å². The first-order valence-electron chi connectivity index (χ1n) is 4.84. The van der Waals surface area contributed by atoms with Gasteiger partial charge in [0, 0.05) is 10.6 Å². The van der Waals surface area contributed by atoms with E-state index in [0.717, 1.165) is 5.56 Å². The second kappa shape index (κ2) is 4.53. The summed E-state index contributed by atoms with van der Waals surface area (Å²) in [6, 6.07) is 7.08. The molecule has 1 aliphatic heterocycles. The molecule has 1 aliphatic rings. The van der Waals surface area contributed by atoms with Gasteiger partial charge in [-0.15, -0.1) is 0 Å². The Kier molecular flexibility index (Phi) is 3.10.